The van der Waals surface area contributed by atoms with Crippen LogP contribution in [-0.4, -0.2) is 24.6 Å². The highest BCUT2D eigenvalue weighted by molar-refractivity contribution is 5.96. The van der Waals surface area contributed by atoms with Crippen molar-refractivity contribution < 1.29 is 23.5 Å². The monoisotopic (exact) mass is 327 g/mol. The van der Waals surface area contributed by atoms with Gasteiger partial charge in [0.05, 0.1) is 18.4 Å². The molecule has 124 valence electrons. The van der Waals surface area contributed by atoms with Gasteiger partial charge in [-0.2, -0.15) is 0 Å². The summed E-state index contributed by atoms with van der Waals surface area (Å²) in [6, 6.07) is 10.9. The minimum absolute atomic E-state index is 0.122. The van der Waals surface area contributed by atoms with E-state index in [0.29, 0.717) is 11.3 Å². The lowest BCUT2D eigenvalue weighted by Crippen LogP contribution is -2.36. The highest BCUT2D eigenvalue weighted by Gasteiger charge is 2.23. The van der Waals surface area contributed by atoms with E-state index in [9.17, 15) is 9.59 Å². The highest BCUT2D eigenvalue weighted by Crippen LogP contribution is 2.26. The summed E-state index contributed by atoms with van der Waals surface area (Å²) in [6.07, 6.45) is 2.33. The molecule has 0 radical (unpaired) electrons. The molecule has 1 aliphatic heterocycles. The van der Waals surface area contributed by atoms with Crippen molar-refractivity contribution in [2.24, 2.45) is 0 Å². The van der Waals surface area contributed by atoms with Gasteiger partial charge in [0.1, 0.15) is 18.1 Å². The molecule has 6 nitrogen and oxygen atoms in total. The molecule has 1 aliphatic rings. The fraction of sp³-hybridized carbons (Fsp3) is 0.222. The zero-order valence-electron chi connectivity index (χ0n) is 13.2. The number of benzene rings is 1. The lowest BCUT2D eigenvalue weighted by atomic mass is 10.1. The maximum Gasteiger partial charge on any atom is 0.338 e. The van der Waals surface area contributed by atoms with Gasteiger partial charge >= 0.3 is 5.97 Å². The number of nitrogens with one attached hydrogen (secondary N) is 1. The summed E-state index contributed by atoms with van der Waals surface area (Å²) in [4.78, 5) is 24.2. The number of amides is 1. The Morgan fingerprint density at radius 3 is 2.88 bits per heavy atom. The van der Waals surface area contributed by atoms with Gasteiger partial charge in [0.25, 0.3) is 5.91 Å². The second kappa shape index (κ2) is 7.04. The Morgan fingerprint density at radius 2 is 2.08 bits per heavy atom. The third-order valence-electron chi connectivity index (χ3n) is 3.56. The minimum Gasteiger partial charge on any atom is -0.488 e. The molecule has 3 rings (SSSR count). The Morgan fingerprint density at radius 1 is 1.25 bits per heavy atom. The zero-order valence-corrected chi connectivity index (χ0v) is 13.2. The molecule has 1 unspecified atom stereocenters. The molecule has 2 heterocycles. The van der Waals surface area contributed by atoms with Gasteiger partial charge in [-0.25, -0.2) is 4.79 Å². The molecule has 0 bridgehead atoms. The largest absolute Gasteiger partial charge is 0.488 e. The second-order valence-corrected chi connectivity index (χ2v) is 5.34. The van der Waals surface area contributed by atoms with E-state index >= 15 is 0 Å². The van der Waals surface area contributed by atoms with Crippen molar-refractivity contribution in [2.45, 2.75) is 19.6 Å². The van der Waals surface area contributed by atoms with Crippen molar-refractivity contribution in [1.29, 1.82) is 0 Å². The number of carbonyl (C=O) groups excluding carboxylic acids is 2. The molecule has 24 heavy (non-hydrogen) atoms. The van der Waals surface area contributed by atoms with E-state index < -0.39 is 18.0 Å². The number of fused-ring (bicyclic) bond motifs is 1. The van der Waals surface area contributed by atoms with Crippen LogP contribution < -0.4 is 10.1 Å². The first-order valence-electron chi connectivity index (χ1n) is 7.57. The number of ether oxygens (including phenoxy) is 2. The summed E-state index contributed by atoms with van der Waals surface area (Å²) >= 11 is 0. The molecule has 6 heteroatoms. The predicted molar refractivity (Wildman–Crippen MR) is 86.0 cm³/mol. The molecular weight excluding hydrogens is 310 g/mol. The summed E-state index contributed by atoms with van der Waals surface area (Å²) in [5.74, 6) is 0.391. The third-order valence-corrected chi connectivity index (χ3v) is 3.56. The SMILES string of the molecule is CC(OC(=O)C1=Cc2ccccc2OC1)C(=O)NCc1ccco1. The van der Waals surface area contributed by atoms with Crippen LogP contribution in [0.3, 0.4) is 0 Å². The number of furan rings is 1. The number of rotatable bonds is 5. The van der Waals surface area contributed by atoms with Crippen LogP contribution in [0.15, 0.2) is 52.7 Å². The Bertz CT molecular complexity index is 763. The summed E-state index contributed by atoms with van der Waals surface area (Å²) in [6.45, 7) is 1.89. The number of esters is 1. The van der Waals surface area contributed by atoms with Gasteiger partial charge in [-0.05, 0) is 31.2 Å². The van der Waals surface area contributed by atoms with E-state index in [-0.39, 0.29) is 13.2 Å². The number of hydrogen-bond donors (Lipinski definition) is 1. The summed E-state index contributed by atoms with van der Waals surface area (Å²) < 4.78 is 15.8. The molecule has 1 amide bonds. The molecule has 0 aliphatic carbocycles. The first kappa shape index (κ1) is 15.9. The average molecular weight is 327 g/mol. The van der Waals surface area contributed by atoms with Crippen LogP contribution in [0.1, 0.15) is 18.2 Å². The lowest BCUT2D eigenvalue weighted by Gasteiger charge is -2.18. The van der Waals surface area contributed by atoms with E-state index in [2.05, 4.69) is 5.32 Å². The number of para-hydroxylation sites is 1. The van der Waals surface area contributed by atoms with Gasteiger partial charge in [-0.3, -0.25) is 4.79 Å². The summed E-state index contributed by atoms with van der Waals surface area (Å²) in [7, 11) is 0. The predicted octanol–water partition coefficient (Wildman–Crippen LogP) is 2.30. The second-order valence-electron chi connectivity index (χ2n) is 5.34. The van der Waals surface area contributed by atoms with Crippen LogP contribution in [0.25, 0.3) is 6.08 Å². The van der Waals surface area contributed by atoms with Gasteiger partial charge in [0.15, 0.2) is 6.10 Å². The van der Waals surface area contributed by atoms with Crippen LogP contribution in [-0.2, 0) is 20.9 Å². The van der Waals surface area contributed by atoms with Crippen LogP contribution in [0.2, 0.25) is 0 Å². The van der Waals surface area contributed by atoms with E-state index in [1.165, 1.54) is 13.2 Å². The molecule has 1 atom stereocenters. The molecule has 1 N–H and O–H groups in total. The topological polar surface area (TPSA) is 77.8 Å². The Hall–Kier alpha value is -3.02. The molecule has 0 saturated heterocycles. The van der Waals surface area contributed by atoms with Crippen molar-refractivity contribution in [2.75, 3.05) is 6.61 Å². The van der Waals surface area contributed by atoms with E-state index in [1.54, 1.807) is 18.2 Å². The maximum absolute atomic E-state index is 12.2. The normalized spacial score (nSPS) is 14.0. The van der Waals surface area contributed by atoms with Gasteiger partial charge in [-0.15, -0.1) is 0 Å². The molecule has 1 aromatic heterocycles. The average Bonchev–Trinajstić information content (AvgIpc) is 3.12. The van der Waals surface area contributed by atoms with E-state index in [0.717, 1.165) is 11.3 Å². The van der Waals surface area contributed by atoms with Crippen molar-refractivity contribution in [3.63, 3.8) is 0 Å². The van der Waals surface area contributed by atoms with Gasteiger partial charge in [0, 0.05) is 5.56 Å². The van der Waals surface area contributed by atoms with E-state index in [1.807, 2.05) is 24.3 Å². The highest BCUT2D eigenvalue weighted by atomic mass is 16.6. The third kappa shape index (κ3) is 3.65. The first-order valence-corrected chi connectivity index (χ1v) is 7.57. The Kier molecular flexibility index (Phi) is 4.65. The van der Waals surface area contributed by atoms with Gasteiger partial charge in [0.2, 0.25) is 0 Å². The fourth-order valence-corrected chi connectivity index (χ4v) is 2.25. The summed E-state index contributed by atoms with van der Waals surface area (Å²) in [5, 5.41) is 2.65. The van der Waals surface area contributed by atoms with Crippen LogP contribution in [0.5, 0.6) is 5.75 Å². The number of carbonyl (C=O) groups is 2. The van der Waals surface area contributed by atoms with E-state index in [4.69, 9.17) is 13.9 Å². The zero-order chi connectivity index (χ0) is 16.9. The van der Waals surface area contributed by atoms with Crippen LogP contribution >= 0.6 is 0 Å². The Balaban J connectivity index is 1.56. The van der Waals surface area contributed by atoms with Crippen molar-refractivity contribution in [3.05, 3.63) is 59.6 Å². The first-order chi connectivity index (χ1) is 11.6. The van der Waals surface area contributed by atoms with Crippen molar-refractivity contribution in [3.8, 4) is 5.75 Å². The standard InChI is InChI=1S/C18H17NO5/c1-12(17(20)19-10-15-6-4-8-22-15)24-18(21)14-9-13-5-2-3-7-16(13)23-11-14/h2-9,12H,10-11H2,1H3,(H,19,20). The fourth-order valence-electron chi connectivity index (χ4n) is 2.25. The van der Waals surface area contributed by atoms with Crippen LogP contribution in [0.4, 0.5) is 0 Å². The molecular formula is C18H17NO5. The van der Waals surface area contributed by atoms with Crippen LogP contribution in [0, 0.1) is 0 Å². The molecule has 1 aromatic carbocycles. The molecule has 2 aromatic rings. The number of hydrogen-bond acceptors (Lipinski definition) is 5. The van der Waals surface area contributed by atoms with Gasteiger partial charge < -0.3 is 19.2 Å². The van der Waals surface area contributed by atoms with Crippen molar-refractivity contribution >= 4 is 18.0 Å². The summed E-state index contributed by atoms with van der Waals surface area (Å²) in [5.41, 5.74) is 1.19. The molecule has 0 spiro atoms. The lowest BCUT2D eigenvalue weighted by molar-refractivity contribution is -0.151. The Labute approximate surface area is 139 Å². The smallest absolute Gasteiger partial charge is 0.338 e. The molecule has 0 saturated carbocycles. The molecule has 0 fully saturated rings. The maximum atomic E-state index is 12.2. The quantitative estimate of drug-likeness (QED) is 0.853. The minimum atomic E-state index is -0.912. The van der Waals surface area contributed by atoms with Gasteiger partial charge in [-0.1, -0.05) is 18.2 Å². The van der Waals surface area contributed by atoms with Crippen molar-refractivity contribution in [1.82, 2.24) is 5.32 Å².